The topological polar surface area (TPSA) is 37.4 Å². The Kier molecular flexibility index (Phi) is 2.40. The Labute approximate surface area is 105 Å². The van der Waals surface area contributed by atoms with Gasteiger partial charge in [-0.25, -0.2) is 0 Å². The first-order valence-corrected chi connectivity index (χ1v) is 6.33. The molecule has 0 aromatic rings. The fraction of sp³-hybridized carbons (Fsp3) is 0.538. The molecule has 0 aromatic carbocycles. The summed E-state index contributed by atoms with van der Waals surface area (Å²) >= 11 is 5.74. The minimum Gasteiger partial charge on any atom is -0.278 e. The van der Waals surface area contributed by atoms with Crippen molar-refractivity contribution in [2.75, 3.05) is 6.54 Å². The lowest BCUT2D eigenvalue weighted by atomic mass is 9.85. The van der Waals surface area contributed by atoms with Crippen LogP contribution in [-0.4, -0.2) is 23.3 Å². The number of carbonyl (C=O) groups excluding carboxylic acids is 2. The van der Waals surface area contributed by atoms with E-state index in [0.29, 0.717) is 11.6 Å². The summed E-state index contributed by atoms with van der Waals surface area (Å²) in [6.07, 6.45) is 6.89. The first-order chi connectivity index (χ1) is 8.09. The fourth-order valence-electron chi connectivity index (χ4n) is 3.36. The molecule has 3 rings (SSSR count). The van der Waals surface area contributed by atoms with E-state index in [2.05, 4.69) is 12.2 Å². The van der Waals surface area contributed by atoms with Crippen molar-refractivity contribution < 1.29 is 9.59 Å². The number of hydrogen-bond donors (Lipinski definition) is 0. The van der Waals surface area contributed by atoms with Gasteiger partial charge >= 0.3 is 0 Å². The molecule has 3 nitrogen and oxygen atoms in total. The number of nitrogens with zero attached hydrogens (tertiary/aromatic N) is 1. The first kappa shape index (κ1) is 11.0. The van der Waals surface area contributed by atoms with Gasteiger partial charge < -0.3 is 0 Å². The number of allylic oxidation sites excluding steroid dienone is 3. The summed E-state index contributed by atoms with van der Waals surface area (Å²) in [6, 6.07) is 0. The number of imide groups is 1. The van der Waals surface area contributed by atoms with Crippen molar-refractivity contribution in [2.45, 2.75) is 13.3 Å². The van der Waals surface area contributed by atoms with Crippen LogP contribution in [0.4, 0.5) is 0 Å². The quantitative estimate of drug-likeness (QED) is 0.556. The lowest BCUT2D eigenvalue weighted by Crippen LogP contribution is -2.33. The van der Waals surface area contributed by atoms with Gasteiger partial charge in [0.25, 0.3) is 0 Å². The SMILES string of the molecule is C/C(Cl)=C/CN1C(=O)[C@@H]2[C@H](C1=O)[C@@H]1C=C[C@H]2C1. The molecule has 0 spiro atoms. The highest BCUT2D eigenvalue weighted by atomic mass is 35.5. The summed E-state index contributed by atoms with van der Waals surface area (Å²) in [5, 5.41) is 0.615. The number of halogens is 1. The molecule has 90 valence electrons. The molecule has 1 saturated heterocycles. The number of fused-ring (bicyclic) bond motifs is 5. The molecule has 4 heteroatoms. The zero-order chi connectivity index (χ0) is 12.2. The molecule has 0 aromatic heterocycles. The monoisotopic (exact) mass is 251 g/mol. The Balaban J connectivity index is 1.85. The van der Waals surface area contributed by atoms with Gasteiger partial charge in [-0.1, -0.05) is 29.8 Å². The summed E-state index contributed by atoms with van der Waals surface area (Å²) in [6.45, 7) is 2.07. The second-order valence-corrected chi connectivity index (χ2v) is 5.67. The van der Waals surface area contributed by atoms with Gasteiger partial charge in [0.2, 0.25) is 11.8 Å². The van der Waals surface area contributed by atoms with Crippen molar-refractivity contribution in [3.63, 3.8) is 0 Å². The third kappa shape index (κ3) is 1.48. The molecule has 0 radical (unpaired) electrons. The van der Waals surface area contributed by atoms with E-state index in [1.807, 2.05) is 0 Å². The molecule has 2 aliphatic carbocycles. The van der Waals surface area contributed by atoms with E-state index in [9.17, 15) is 9.59 Å². The summed E-state index contributed by atoms with van der Waals surface area (Å²) in [5.74, 6) is 0.361. The minimum absolute atomic E-state index is 0.00832. The Morgan fingerprint density at radius 2 is 1.88 bits per heavy atom. The summed E-state index contributed by atoms with van der Waals surface area (Å²) in [4.78, 5) is 25.8. The Morgan fingerprint density at radius 3 is 2.35 bits per heavy atom. The van der Waals surface area contributed by atoms with E-state index >= 15 is 0 Å². The third-order valence-corrected chi connectivity index (χ3v) is 4.27. The van der Waals surface area contributed by atoms with Crippen molar-refractivity contribution >= 4 is 23.4 Å². The van der Waals surface area contributed by atoms with E-state index in [4.69, 9.17) is 11.6 Å². The minimum atomic E-state index is -0.0958. The Hall–Kier alpha value is -1.09. The molecule has 3 aliphatic rings. The molecule has 2 bridgehead atoms. The van der Waals surface area contributed by atoms with Crippen LogP contribution in [0.5, 0.6) is 0 Å². The standard InChI is InChI=1S/C13H14ClNO2/c1-7(14)4-5-15-12(16)10-8-2-3-9(6-8)11(10)13(15)17/h2-4,8-11H,5-6H2,1H3/b7-4-/t8-,9+,10-,11+. The fourth-order valence-corrected chi connectivity index (χ4v) is 3.43. The lowest BCUT2D eigenvalue weighted by molar-refractivity contribution is -0.140. The lowest BCUT2D eigenvalue weighted by Gasteiger charge is -2.14. The first-order valence-electron chi connectivity index (χ1n) is 5.95. The number of rotatable bonds is 2. The maximum Gasteiger partial charge on any atom is 0.234 e. The van der Waals surface area contributed by atoms with Crippen LogP contribution in [0.3, 0.4) is 0 Å². The van der Waals surface area contributed by atoms with Crippen LogP contribution in [0.15, 0.2) is 23.3 Å². The van der Waals surface area contributed by atoms with Crippen LogP contribution >= 0.6 is 11.6 Å². The highest BCUT2D eigenvalue weighted by Gasteiger charge is 2.58. The van der Waals surface area contributed by atoms with Crippen LogP contribution in [-0.2, 0) is 9.59 Å². The maximum atomic E-state index is 12.2. The molecule has 2 fully saturated rings. The smallest absolute Gasteiger partial charge is 0.234 e. The maximum absolute atomic E-state index is 12.2. The van der Waals surface area contributed by atoms with Gasteiger partial charge in [-0.15, -0.1) is 0 Å². The van der Waals surface area contributed by atoms with E-state index < -0.39 is 0 Å². The van der Waals surface area contributed by atoms with Gasteiger partial charge in [-0.05, 0) is 25.2 Å². The number of carbonyl (C=O) groups is 2. The van der Waals surface area contributed by atoms with Crippen molar-refractivity contribution in [2.24, 2.45) is 23.7 Å². The second kappa shape index (κ2) is 3.70. The average molecular weight is 252 g/mol. The molecule has 1 aliphatic heterocycles. The van der Waals surface area contributed by atoms with Gasteiger partial charge in [-0.3, -0.25) is 14.5 Å². The number of amides is 2. The van der Waals surface area contributed by atoms with Crippen LogP contribution in [0, 0.1) is 23.7 Å². The van der Waals surface area contributed by atoms with Gasteiger partial charge in [0, 0.05) is 11.6 Å². The predicted molar refractivity (Wildman–Crippen MR) is 64.0 cm³/mol. The van der Waals surface area contributed by atoms with Crippen LogP contribution in [0.25, 0.3) is 0 Å². The summed E-state index contributed by atoms with van der Waals surface area (Å²) < 4.78 is 0. The second-order valence-electron chi connectivity index (χ2n) is 5.08. The number of likely N-dealkylation sites (tertiary alicyclic amines) is 1. The third-order valence-electron chi connectivity index (χ3n) is 4.12. The van der Waals surface area contributed by atoms with E-state index in [1.54, 1.807) is 13.0 Å². The molecule has 17 heavy (non-hydrogen) atoms. The van der Waals surface area contributed by atoms with E-state index in [-0.39, 0.29) is 35.5 Å². The molecule has 4 atom stereocenters. The summed E-state index contributed by atoms with van der Waals surface area (Å²) in [7, 11) is 0. The van der Waals surface area contributed by atoms with Crippen LogP contribution < -0.4 is 0 Å². The molecule has 2 amide bonds. The number of hydrogen-bond acceptors (Lipinski definition) is 2. The highest BCUT2D eigenvalue weighted by molar-refractivity contribution is 6.29. The predicted octanol–water partition coefficient (Wildman–Crippen LogP) is 1.94. The molecular weight excluding hydrogens is 238 g/mol. The Bertz CT molecular complexity index is 420. The normalized spacial score (nSPS) is 39.4. The zero-order valence-electron chi connectivity index (χ0n) is 9.60. The van der Waals surface area contributed by atoms with Crippen molar-refractivity contribution in [1.82, 2.24) is 4.90 Å². The van der Waals surface area contributed by atoms with Crippen molar-refractivity contribution in [1.29, 1.82) is 0 Å². The largest absolute Gasteiger partial charge is 0.278 e. The van der Waals surface area contributed by atoms with E-state index in [0.717, 1.165) is 6.42 Å². The summed E-state index contributed by atoms with van der Waals surface area (Å²) in [5.41, 5.74) is 0. The van der Waals surface area contributed by atoms with Crippen LogP contribution in [0.2, 0.25) is 0 Å². The average Bonchev–Trinajstić information content (AvgIpc) is 2.92. The highest BCUT2D eigenvalue weighted by Crippen LogP contribution is 2.52. The van der Waals surface area contributed by atoms with Gasteiger partial charge in [-0.2, -0.15) is 0 Å². The molecule has 0 unspecified atom stereocenters. The molecule has 1 heterocycles. The van der Waals surface area contributed by atoms with Crippen molar-refractivity contribution in [3.05, 3.63) is 23.3 Å². The van der Waals surface area contributed by atoms with Gasteiger partial charge in [0.05, 0.1) is 11.8 Å². The zero-order valence-corrected chi connectivity index (χ0v) is 10.4. The molecular formula is C13H14ClNO2. The van der Waals surface area contributed by atoms with Gasteiger partial charge in [0.15, 0.2) is 0 Å². The molecule has 1 saturated carbocycles. The Morgan fingerprint density at radius 1 is 1.35 bits per heavy atom. The van der Waals surface area contributed by atoms with E-state index in [1.165, 1.54) is 4.90 Å². The van der Waals surface area contributed by atoms with Crippen LogP contribution in [0.1, 0.15) is 13.3 Å². The van der Waals surface area contributed by atoms with Gasteiger partial charge in [0.1, 0.15) is 0 Å². The molecule has 0 N–H and O–H groups in total. The van der Waals surface area contributed by atoms with Crippen molar-refractivity contribution in [3.8, 4) is 0 Å².